The van der Waals surface area contributed by atoms with Gasteiger partial charge in [-0.2, -0.15) is 5.10 Å². The largest absolute Gasteiger partial charge is 0.487 e. The second-order valence-corrected chi connectivity index (χ2v) is 7.33. The highest BCUT2D eigenvalue weighted by Crippen LogP contribution is 2.33. The molecule has 8 heteroatoms. The number of H-pyrrole nitrogens is 1. The van der Waals surface area contributed by atoms with Crippen LogP contribution in [-0.4, -0.2) is 51.5 Å². The number of aliphatic hydroxyl groups is 1. The number of ether oxygens (including phenoxy) is 2. The molecule has 1 aliphatic rings. The van der Waals surface area contributed by atoms with Crippen molar-refractivity contribution in [2.75, 3.05) is 20.2 Å². The van der Waals surface area contributed by atoms with Gasteiger partial charge in [-0.05, 0) is 48.2 Å². The maximum absolute atomic E-state index is 11.7. The zero-order valence-electron chi connectivity index (χ0n) is 16.7. The Kier molecular flexibility index (Phi) is 5.67. The number of rotatable bonds is 5. The zero-order chi connectivity index (χ0) is 21.0. The SMILES string of the molecule is COC(=O)N1CCC(O)(c2cccc(COc3ccc(-c4ccn[nH]4)nc3)c2)CC1. The number of carbonyl (C=O) groups excluding carboxylic acids is 1. The predicted molar refractivity (Wildman–Crippen MR) is 110 cm³/mol. The number of piperidine rings is 1. The van der Waals surface area contributed by atoms with Crippen molar-refractivity contribution in [2.24, 2.45) is 0 Å². The summed E-state index contributed by atoms with van der Waals surface area (Å²) in [5.41, 5.74) is 2.46. The molecule has 0 aliphatic carbocycles. The van der Waals surface area contributed by atoms with E-state index in [0.29, 0.717) is 38.3 Å². The quantitative estimate of drug-likeness (QED) is 0.673. The van der Waals surface area contributed by atoms with E-state index < -0.39 is 5.60 Å². The number of benzene rings is 1. The number of amides is 1. The van der Waals surface area contributed by atoms with Gasteiger partial charge in [0.25, 0.3) is 0 Å². The maximum Gasteiger partial charge on any atom is 0.409 e. The third kappa shape index (κ3) is 4.28. The minimum absolute atomic E-state index is 0.355. The van der Waals surface area contributed by atoms with E-state index in [1.807, 2.05) is 42.5 Å². The molecule has 1 aliphatic heterocycles. The Balaban J connectivity index is 1.38. The molecule has 0 unspecified atom stereocenters. The van der Waals surface area contributed by atoms with Crippen molar-refractivity contribution in [3.63, 3.8) is 0 Å². The first-order chi connectivity index (χ1) is 14.6. The number of aromatic nitrogens is 3. The molecule has 0 spiro atoms. The highest BCUT2D eigenvalue weighted by molar-refractivity contribution is 5.67. The first-order valence-electron chi connectivity index (χ1n) is 9.81. The molecule has 1 amide bonds. The Labute approximate surface area is 174 Å². The molecule has 2 aromatic heterocycles. The van der Waals surface area contributed by atoms with E-state index in [9.17, 15) is 9.90 Å². The minimum atomic E-state index is -0.964. The molecule has 8 nitrogen and oxygen atoms in total. The summed E-state index contributed by atoms with van der Waals surface area (Å²) >= 11 is 0. The number of pyridine rings is 1. The standard InChI is InChI=1S/C22H24N4O4/c1-29-21(27)26-11-8-22(28,9-12-26)17-4-2-3-16(13-17)15-30-18-5-6-19(23-14-18)20-7-10-24-25-20/h2-7,10,13-14,28H,8-9,11-12,15H2,1H3,(H,24,25). The Morgan fingerprint density at radius 3 is 2.73 bits per heavy atom. The molecular formula is C22H24N4O4. The lowest BCUT2D eigenvalue weighted by atomic mass is 9.84. The Hall–Kier alpha value is -3.39. The first kappa shape index (κ1) is 19.9. The molecule has 0 atom stereocenters. The molecule has 0 radical (unpaired) electrons. The third-order valence-corrected chi connectivity index (χ3v) is 5.41. The average molecular weight is 408 g/mol. The van der Waals surface area contributed by atoms with Crippen molar-refractivity contribution < 1.29 is 19.4 Å². The molecule has 156 valence electrons. The number of nitrogens with zero attached hydrogens (tertiary/aromatic N) is 3. The number of carbonyl (C=O) groups is 1. The molecule has 3 aromatic rings. The topological polar surface area (TPSA) is 101 Å². The van der Waals surface area contributed by atoms with E-state index in [1.165, 1.54) is 7.11 Å². The normalized spacial score (nSPS) is 15.6. The lowest BCUT2D eigenvalue weighted by molar-refractivity contribution is -0.0231. The second kappa shape index (κ2) is 8.54. The van der Waals surface area contributed by atoms with E-state index in [4.69, 9.17) is 9.47 Å². The van der Waals surface area contributed by atoms with Gasteiger partial charge in [0.2, 0.25) is 0 Å². The fourth-order valence-corrected chi connectivity index (χ4v) is 3.62. The van der Waals surface area contributed by atoms with Crippen LogP contribution in [0.1, 0.15) is 24.0 Å². The third-order valence-electron chi connectivity index (χ3n) is 5.41. The van der Waals surface area contributed by atoms with Crippen LogP contribution in [0.5, 0.6) is 5.75 Å². The van der Waals surface area contributed by atoms with Crippen molar-refractivity contribution in [1.29, 1.82) is 0 Å². The van der Waals surface area contributed by atoms with Gasteiger partial charge in [0.1, 0.15) is 12.4 Å². The van der Waals surface area contributed by atoms with Crippen LogP contribution in [0.3, 0.4) is 0 Å². The van der Waals surface area contributed by atoms with Crippen LogP contribution in [-0.2, 0) is 16.9 Å². The van der Waals surface area contributed by atoms with Crippen LogP contribution >= 0.6 is 0 Å². The molecule has 30 heavy (non-hydrogen) atoms. The summed E-state index contributed by atoms with van der Waals surface area (Å²) in [6.45, 7) is 1.28. The Morgan fingerprint density at radius 2 is 2.07 bits per heavy atom. The van der Waals surface area contributed by atoms with Crippen LogP contribution in [0, 0.1) is 0 Å². The number of likely N-dealkylation sites (tertiary alicyclic amines) is 1. The zero-order valence-corrected chi connectivity index (χ0v) is 16.7. The summed E-state index contributed by atoms with van der Waals surface area (Å²) in [7, 11) is 1.37. The van der Waals surface area contributed by atoms with Crippen molar-refractivity contribution in [2.45, 2.75) is 25.0 Å². The van der Waals surface area contributed by atoms with Crippen LogP contribution in [0.2, 0.25) is 0 Å². The molecule has 1 saturated heterocycles. The molecule has 2 N–H and O–H groups in total. The van der Waals surface area contributed by atoms with Gasteiger partial charge >= 0.3 is 6.09 Å². The Morgan fingerprint density at radius 1 is 1.23 bits per heavy atom. The summed E-state index contributed by atoms with van der Waals surface area (Å²) in [5.74, 6) is 0.661. The van der Waals surface area contributed by atoms with Crippen molar-refractivity contribution in [1.82, 2.24) is 20.1 Å². The summed E-state index contributed by atoms with van der Waals surface area (Å²) in [6.07, 6.45) is 3.93. The van der Waals surface area contributed by atoms with Gasteiger partial charge in [0, 0.05) is 19.3 Å². The van der Waals surface area contributed by atoms with Crippen LogP contribution in [0.25, 0.3) is 11.4 Å². The van der Waals surface area contributed by atoms with Gasteiger partial charge in [0.05, 0.1) is 30.3 Å². The van der Waals surface area contributed by atoms with Gasteiger partial charge < -0.3 is 19.5 Å². The molecule has 4 rings (SSSR count). The van der Waals surface area contributed by atoms with Crippen LogP contribution in [0.15, 0.2) is 54.9 Å². The number of methoxy groups -OCH3 is 1. The summed E-state index contributed by atoms with van der Waals surface area (Å²) in [4.78, 5) is 17.7. The molecular weight excluding hydrogens is 384 g/mol. The molecule has 3 heterocycles. The smallest absolute Gasteiger partial charge is 0.409 e. The van der Waals surface area contributed by atoms with Crippen molar-refractivity contribution in [3.05, 3.63) is 66.0 Å². The highest BCUT2D eigenvalue weighted by Gasteiger charge is 2.35. The molecule has 0 saturated carbocycles. The van der Waals surface area contributed by atoms with E-state index in [0.717, 1.165) is 22.5 Å². The van der Waals surface area contributed by atoms with Crippen molar-refractivity contribution in [3.8, 4) is 17.1 Å². The van der Waals surface area contributed by atoms with E-state index in [-0.39, 0.29) is 6.09 Å². The second-order valence-electron chi connectivity index (χ2n) is 7.33. The van der Waals surface area contributed by atoms with E-state index >= 15 is 0 Å². The fraction of sp³-hybridized carbons (Fsp3) is 0.318. The average Bonchev–Trinajstić information content (AvgIpc) is 3.33. The summed E-state index contributed by atoms with van der Waals surface area (Å²) in [5, 5.41) is 17.9. The van der Waals surface area contributed by atoms with Gasteiger partial charge in [-0.3, -0.25) is 10.1 Å². The van der Waals surface area contributed by atoms with Crippen LogP contribution < -0.4 is 4.74 Å². The fourth-order valence-electron chi connectivity index (χ4n) is 3.62. The molecule has 0 bridgehead atoms. The molecule has 1 aromatic carbocycles. The predicted octanol–water partition coefficient (Wildman–Crippen LogP) is 3.10. The monoisotopic (exact) mass is 408 g/mol. The van der Waals surface area contributed by atoms with Gasteiger partial charge in [0.15, 0.2) is 0 Å². The lowest BCUT2D eigenvalue weighted by Gasteiger charge is -2.38. The van der Waals surface area contributed by atoms with Gasteiger partial charge in [-0.1, -0.05) is 18.2 Å². The summed E-state index contributed by atoms with van der Waals surface area (Å²) < 4.78 is 10.6. The maximum atomic E-state index is 11.7. The lowest BCUT2D eigenvalue weighted by Crippen LogP contribution is -2.45. The minimum Gasteiger partial charge on any atom is -0.487 e. The number of hydrogen-bond donors (Lipinski definition) is 2. The number of aromatic amines is 1. The molecule has 1 fully saturated rings. The highest BCUT2D eigenvalue weighted by atomic mass is 16.5. The Bertz CT molecular complexity index is 981. The van der Waals surface area contributed by atoms with Gasteiger partial charge in [-0.15, -0.1) is 0 Å². The number of nitrogens with one attached hydrogen (secondary N) is 1. The van der Waals surface area contributed by atoms with Gasteiger partial charge in [-0.25, -0.2) is 4.79 Å². The van der Waals surface area contributed by atoms with E-state index in [1.54, 1.807) is 17.3 Å². The number of hydrogen-bond acceptors (Lipinski definition) is 6. The van der Waals surface area contributed by atoms with E-state index in [2.05, 4.69) is 15.2 Å². The van der Waals surface area contributed by atoms with Crippen molar-refractivity contribution >= 4 is 6.09 Å². The van der Waals surface area contributed by atoms with Crippen LogP contribution in [0.4, 0.5) is 4.79 Å². The first-order valence-corrected chi connectivity index (χ1v) is 9.81. The summed E-state index contributed by atoms with van der Waals surface area (Å²) in [6, 6.07) is 13.3.